The Kier molecular flexibility index (Phi) is 8.50. The number of aliphatic carboxylic acids is 1. The van der Waals surface area contributed by atoms with Gasteiger partial charge in [0.2, 0.25) is 0 Å². The number of ether oxygens (including phenoxy) is 2. The van der Waals surface area contributed by atoms with E-state index in [0.717, 1.165) is 32.7 Å². The number of benzene rings is 6. The van der Waals surface area contributed by atoms with Gasteiger partial charge in [-0.3, -0.25) is 4.79 Å². The summed E-state index contributed by atoms with van der Waals surface area (Å²) in [6.45, 7) is 0.675. The van der Waals surface area contributed by atoms with Gasteiger partial charge in [-0.15, -0.1) is 0 Å². The number of nitrogens with one attached hydrogen (secondary N) is 1. The van der Waals surface area contributed by atoms with Crippen molar-refractivity contribution in [1.82, 2.24) is 5.32 Å². The van der Waals surface area contributed by atoms with Crippen LogP contribution in [0.15, 0.2) is 133 Å². The van der Waals surface area contributed by atoms with Crippen LogP contribution in [-0.4, -0.2) is 23.0 Å². The van der Waals surface area contributed by atoms with Crippen molar-refractivity contribution in [2.45, 2.75) is 25.7 Å². The fraction of sp³-hybridized carbons (Fsp3) is 0.105. The summed E-state index contributed by atoms with van der Waals surface area (Å²) in [4.78, 5) is 26.2. The third-order valence-electron chi connectivity index (χ3n) is 7.52. The van der Waals surface area contributed by atoms with Crippen molar-refractivity contribution < 1.29 is 24.2 Å². The number of carboxylic acid groups (broad SMARTS) is 1. The summed E-state index contributed by atoms with van der Waals surface area (Å²) < 4.78 is 12.3. The van der Waals surface area contributed by atoms with Crippen LogP contribution < -0.4 is 14.8 Å². The highest BCUT2D eigenvalue weighted by atomic mass is 16.5. The summed E-state index contributed by atoms with van der Waals surface area (Å²) in [6.07, 6.45) is 0.0600. The van der Waals surface area contributed by atoms with Crippen molar-refractivity contribution in [2.24, 2.45) is 0 Å². The lowest BCUT2D eigenvalue weighted by Crippen LogP contribution is -2.42. The van der Waals surface area contributed by atoms with Crippen molar-refractivity contribution in [2.75, 3.05) is 0 Å². The van der Waals surface area contributed by atoms with Crippen LogP contribution in [0, 0.1) is 0 Å². The summed E-state index contributed by atoms with van der Waals surface area (Å²) in [5, 5.41) is 16.3. The minimum atomic E-state index is -1.17. The quantitative estimate of drug-likeness (QED) is 0.154. The topological polar surface area (TPSA) is 84.9 Å². The molecule has 0 aliphatic rings. The minimum absolute atomic E-state index is 0.0600. The lowest BCUT2D eigenvalue weighted by molar-refractivity contribution is -0.139. The Balaban J connectivity index is 1.26. The maximum Gasteiger partial charge on any atom is 0.326 e. The Hall–Kier alpha value is -5.62. The Morgan fingerprint density at radius 1 is 0.591 bits per heavy atom. The first kappa shape index (κ1) is 28.5. The molecule has 0 fully saturated rings. The normalized spacial score (nSPS) is 11.6. The van der Waals surface area contributed by atoms with Gasteiger partial charge >= 0.3 is 5.97 Å². The average Bonchev–Trinajstić information content (AvgIpc) is 3.06. The summed E-state index contributed by atoms with van der Waals surface area (Å²) in [5.41, 5.74) is 3.15. The largest absolute Gasteiger partial charge is 0.485 e. The molecule has 6 aromatic rings. The molecule has 44 heavy (non-hydrogen) atoms. The monoisotopic (exact) mass is 581 g/mol. The van der Waals surface area contributed by atoms with E-state index in [1.807, 2.05) is 121 Å². The summed E-state index contributed by atoms with van der Waals surface area (Å²) >= 11 is 0. The molecular formula is C38H31NO5. The van der Waals surface area contributed by atoms with Gasteiger partial charge in [0, 0.05) is 6.42 Å². The van der Waals surface area contributed by atoms with Crippen molar-refractivity contribution in [1.29, 1.82) is 0 Å². The lowest BCUT2D eigenvalue weighted by atomic mass is 9.95. The molecule has 6 heteroatoms. The van der Waals surface area contributed by atoms with E-state index in [-0.39, 0.29) is 6.42 Å². The molecule has 6 aromatic carbocycles. The molecule has 1 atom stereocenters. The molecule has 218 valence electrons. The summed E-state index contributed by atoms with van der Waals surface area (Å²) in [6, 6.07) is 41.1. The average molecular weight is 582 g/mol. The van der Waals surface area contributed by atoms with E-state index in [4.69, 9.17) is 9.47 Å². The van der Waals surface area contributed by atoms with Crippen LogP contribution >= 0.6 is 0 Å². The van der Waals surface area contributed by atoms with Gasteiger partial charge in [-0.25, -0.2) is 4.79 Å². The molecule has 1 amide bonds. The van der Waals surface area contributed by atoms with Gasteiger partial charge in [-0.05, 0) is 56.4 Å². The molecule has 0 bridgehead atoms. The predicted molar refractivity (Wildman–Crippen MR) is 172 cm³/mol. The van der Waals surface area contributed by atoms with Crippen LogP contribution in [0.3, 0.4) is 0 Å². The lowest BCUT2D eigenvalue weighted by Gasteiger charge is -2.19. The first-order valence-electron chi connectivity index (χ1n) is 14.5. The van der Waals surface area contributed by atoms with Gasteiger partial charge < -0.3 is 19.9 Å². The smallest absolute Gasteiger partial charge is 0.326 e. The maximum atomic E-state index is 13.8. The Morgan fingerprint density at radius 2 is 1.11 bits per heavy atom. The highest BCUT2D eigenvalue weighted by Gasteiger charge is 2.24. The standard InChI is InChI=1S/C38H31NO5/c40-37(36-31-17-9-7-15-29(31)23-30-16-8-10-18-32(30)36)39-33(38(41)42)21-28-19-20-34(43-24-26-11-3-1-4-12-26)35(22-28)44-25-27-13-5-2-6-14-27/h1-20,22-23,33H,21,24-25H2,(H,39,40)(H,41,42)/t33-/m1/s1. The second-order valence-corrected chi connectivity index (χ2v) is 10.6. The molecule has 6 rings (SSSR count). The minimum Gasteiger partial charge on any atom is -0.485 e. The van der Waals surface area contributed by atoms with Crippen LogP contribution in [0.1, 0.15) is 27.0 Å². The van der Waals surface area contributed by atoms with Gasteiger partial charge in [-0.2, -0.15) is 0 Å². The van der Waals surface area contributed by atoms with Crippen molar-refractivity contribution in [3.63, 3.8) is 0 Å². The Labute approximate surface area is 255 Å². The van der Waals surface area contributed by atoms with Gasteiger partial charge in [0.25, 0.3) is 5.91 Å². The zero-order chi connectivity index (χ0) is 30.3. The van der Waals surface area contributed by atoms with Gasteiger partial charge in [-0.1, -0.05) is 115 Å². The number of carbonyl (C=O) groups excluding carboxylic acids is 1. The fourth-order valence-electron chi connectivity index (χ4n) is 5.31. The highest BCUT2D eigenvalue weighted by molar-refractivity contribution is 6.18. The van der Waals surface area contributed by atoms with Crippen LogP contribution in [0.4, 0.5) is 0 Å². The van der Waals surface area contributed by atoms with Gasteiger partial charge in [0.1, 0.15) is 19.3 Å². The molecule has 2 N–H and O–H groups in total. The molecule has 0 aliphatic carbocycles. The summed E-state index contributed by atoms with van der Waals surface area (Å²) in [5.74, 6) is -0.516. The van der Waals surface area contributed by atoms with E-state index < -0.39 is 17.9 Å². The molecule has 0 aliphatic heterocycles. The molecule has 0 spiro atoms. The first-order chi connectivity index (χ1) is 21.5. The fourth-order valence-corrected chi connectivity index (χ4v) is 5.31. The zero-order valence-electron chi connectivity index (χ0n) is 24.0. The molecule has 0 heterocycles. The number of carbonyl (C=O) groups is 2. The van der Waals surface area contributed by atoms with E-state index in [9.17, 15) is 14.7 Å². The molecule has 0 saturated carbocycles. The molecular weight excluding hydrogens is 550 g/mol. The van der Waals surface area contributed by atoms with Crippen molar-refractivity contribution in [3.05, 3.63) is 156 Å². The van der Waals surface area contributed by atoms with E-state index in [0.29, 0.717) is 35.8 Å². The predicted octanol–water partition coefficient (Wildman–Crippen LogP) is 7.58. The molecule has 0 radical (unpaired) electrons. The third kappa shape index (κ3) is 6.55. The maximum absolute atomic E-state index is 13.8. The number of rotatable bonds is 11. The molecule has 0 aromatic heterocycles. The van der Waals surface area contributed by atoms with E-state index in [1.54, 1.807) is 12.1 Å². The molecule has 6 nitrogen and oxygen atoms in total. The number of hydrogen-bond donors (Lipinski definition) is 2. The Bertz CT molecular complexity index is 1870. The molecule has 0 unspecified atom stereocenters. The number of carboxylic acids is 1. The number of fused-ring (bicyclic) bond motifs is 2. The highest BCUT2D eigenvalue weighted by Crippen LogP contribution is 2.31. The number of hydrogen-bond acceptors (Lipinski definition) is 4. The first-order valence-corrected chi connectivity index (χ1v) is 14.5. The SMILES string of the molecule is O=C(N[C@H](Cc1ccc(OCc2ccccc2)c(OCc2ccccc2)c1)C(=O)O)c1c2ccccc2cc2ccccc12. The number of amides is 1. The second-order valence-electron chi connectivity index (χ2n) is 10.6. The van der Waals surface area contributed by atoms with Crippen molar-refractivity contribution >= 4 is 33.4 Å². The Morgan fingerprint density at radius 3 is 1.68 bits per heavy atom. The van der Waals surface area contributed by atoms with E-state index in [2.05, 4.69) is 5.32 Å². The summed E-state index contributed by atoms with van der Waals surface area (Å²) in [7, 11) is 0. The molecule has 0 saturated heterocycles. The van der Waals surface area contributed by atoms with Crippen LogP contribution in [0.25, 0.3) is 21.5 Å². The van der Waals surface area contributed by atoms with Gasteiger partial charge in [0.15, 0.2) is 11.5 Å². The van der Waals surface area contributed by atoms with Crippen LogP contribution in [0.5, 0.6) is 11.5 Å². The van der Waals surface area contributed by atoms with Crippen LogP contribution in [-0.2, 0) is 24.4 Å². The van der Waals surface area contributed by atoms with Crippen molar-refractivity contribution in [3.8, 4) is 11.5 Å². The van der Waals surface area contributed by atoms with E-state index >= 15 is 0 Å². The second kappa shape index (κ2) is 13.1. The third-order valence-corrected chi connectivity index (χ3v) is 7.52. The van der Waals surface area contributed by atoms with E-state index in [1.165, 1.54) is 0 Å². The van der Waals surface area contributed by atoms with Crippen LogP contribution in [0.2, 0.25) is 0 Å². The zero-order valence-corrected chi connectivity index (χ0v) is 24.0. The van der Waals surface area contributed by atoms with Gasteiger partial charge in [0.05, 0.1) is 5.56 Å².